The van der Waals surface area contributed by atoms with E-state index in [4.69, 9.17) is 23.2 Å². The summed E-state index contributed by atoms with van der Waals surface area (Å²) in [6.07, 6.45) is 3.20. The highest BCUT2D eigenvalue weighted by atomic mass is 35.5. The molecule has 0 spiro atoms. The molecule has 1 aromatic heterocycles. The van der Waals surface area contributed by atoms with E-state index in [1.807, 2.05) is 24.1 Å². The molecule has 1 N–H and O–H groups in total. The highest BCUT2D eigenvalue weighted by Crippen LogP contribution is 2.23. The predicted octanol–water partition coefficient (Wildman–Crippen LogP) is 2.29. The molecule has 2 aromatic rings. The highest BCUT2D eigenvalue weighted by Gasteiger charge is 2.07. The van der Waals surface area contributed by atoms with E-state index in [-0.39, 0.29) is 0 Å². The molecule has 0 aliphatic heterocycles. The number of halogens is 2. The Morgan fingerprint density at radius 1 is 1.36 bits per heavy atom. The van der Waals surface area contributed by atoms with Crippen LogP contribution in [0.25, 0.3) is 0 Å². The van der Waals surface area contributed by atoms with Gasteiger partial charge in [-0.3, -0.25) is 9.67 Å². The summed E-state index contributed by atoms with van der Waals surface area (Å²) in [5, 5.41) is 8.45. The van der Waals surface area contributed by atoms with Crippen molar-refractivity contribution in [1.29, 1.82) is 0 Å². The third-order valence-corrected chi connectivity index (χ3v) is 3.81. The molecular weight excluding hydrogens is 323 g/mol. The Kier molecular flexibility index (Phi) is 6.03. The van der Waals surface area contributed by atoms with Gasteiger partial charge in [-0.1, -0.05) is 29.3 Å². The van der Waals surface area contributed by atoms with E-state index >= 15 is 0 Å². The number of benzene rings is 1. The molecule has 22 heavy (non-hydrogen) atoms. The molecular formula is C14H18Cl2N6. The average molecular weight is 341 g/mol. The maximum Gasteiger partial charge on any atom is 0.193 e. The lowest BCUT2D eigenvalue weighted by Gasteiger charge is -2.22. The van der Waals surface area contributed by atoms with Gasteiger partial charge in [-0.25, -0.2) is 4.98 Å². The maximum atomic E-state index is 6.04. The van der Waals surface area contributed by atoms with Crippen molar-refractivity contribution in [3.05, 3.63) is 46.5 Å². The van der Waals surface area contributed by atoms with Crippen molar-refractivity contribution in [1.82, 2.24) is 25.0 Å². The topological polar surface area (TPSA) is 58.3 Å². The fourth-order valence-corrected chi connectivity index (χ4v) is 2.32. The summed E-state index contributed by atoms with van der Waals surface area (Å²) in [6.45, 7) is 2.11. The van der Waals surface area contributed by atoms with Gasteiger partial charge in [0.25, 0.3) is 0 Å². The van der Waals surface area contributed by atoms with E-state index in [0.717, 1.165) is 18.1 Å². The second kappa shape index (κ2) is 8.00. The Balaban J connectivity index is 1.88. The maximum absolute atomic E-state index is 6.04. The minimum atomic E-state index is 0.557. The van der Waals surface area contributed by atoms with Crippen LogP contribution in [0.2, 0.25) is 10.0 Å². The Morgan fingerprint density at radius 2 is 2.18 bits per heavy atom. The lowest BCUT2D eigenvalue weighted by molar-refractivity contribution is 0.470. The Morgan fingerprint density at radius 3 is 2.82 bits per heavy atom. The monoisotopic (exact) mass is 340 g/mol. The molecule has 0 bridgehead atoms. The van der Waals surface area contributed by atoms with Gasteiger partial charge in [0, 0.05) is 27.2 Å². The van der Waals surface area contributed by atoms with Crippen LogP contribution in [-0.2, 0) is 13.1 Å². The molecule has 0 radical (unpaired) electrons. The number of guanidine groups is 1. The first-order valence-electron chi connectivity index (χ1n) is 6.78. The van der Waals surface area contributed by atoms with Gasteiger partial charge in [0.1, 0.15) is 12.7 Å². The molecule has 8 heteroatoms. The molecule has 6 nitrogen and oxygen atoms in total. The minimum absolute atomic E-state index is 0.557. The van der Waals surface area contributed by atoms with Crippen molar-refractivity contribution in [2.45, 2.75) is 13.1 Å². The van der Waals surface area contributed by atoms with E-state index in [1.54, 1.807) is 24.1 Å². The van der Waals surface area contributed by atoms with Crippen molar-refractivity contribution >= 4 is 29.2 Å². The third kappa shape index (κ3) is 4.61. The lowest BCUT2D eigenvalue weighted by atomic mass is 10.2. The first kappa shape index (κ1) is 16.6. The van der Waals surface area contributed by atoms with Gasteiger partial charge in [0.2, 0.25) is 0 Å². The Labute approximate surface area is 139 Å². The largest absolute Gasteiger partial charge is 0.354 e. The molecule has 0 fully saturated rings. The molecule has 2 rings (SSSR count). The number of nitrogens with one attached hydrogen (secondary N) is 1. The van der Waals surface area contributed by atoms with Gasteiger partial charge in [-0.2, -0.15) is 5.10 Å². The van der Waals surface area contributed by atoms with Gasteiger partial charge >= 0.3 is 0 Å². The van der Waals surface area contributed by atoms with Crippen molar-refractivity contribution < 1.29 is 0 Å². The lowest BCUT2D eigenvalue weighted by Crippen LogP contribution is -2.39. The molecule has 0 amide bonds. The summed E-state index contributed by atoms with van der Waals surface area (Å²) in [5.41, 5.74) is 1.07. The SMILES string of the molecule is CN=C(NCCn1cncn1)N(C)Cc1ccc(Cl)c(Cl)c1. The first-order chi connectivity index (χ1) is 10.6. The second-order valence-electron chi connectivity index (χ2n) is 4.74. The molecule has 118 valence electrons. The van der Waals surface area contributed by atoms with Crippen LogP contribution in [0.3, 0.4) is 0 Å². The van der Waals surface area contributed by atoms with Gasteiger partial charge < -0.3 is 10.2 Å². The summed E-state index contributed by atoms with van der Waals surface area (Å²) in [5.74, 6) is 0.797. The molecule has 0 saturated carbocycles. The standard InChI is InChI=1S/C14H18Cl2N6/c1-17-14(19-5-6-22-10-18-9-20-22)21(2)8-11-3-4-12(15)13(16)7-11/h3-4,7,9-10H,5-6,8H2,1-2H3,(H,17,19). The number of nitrogens with zero attached hydrogens (tertiary/aromatic N) is 5. The van der Waals surface area contributed by atoms with Crippen molar-refractivity contribution in [2.75, 3.05) is 20.6 Å². The number of aliphatic imine (C=N–C) groups is 1. The van der Waals surface area contributed by atoms with Crippen molar-refractivity contribution in [3.8, 4) is 0 Å². The van der Waals surface area contributed by atoms with Gasteiger partial charge in [0.05, 0.1) is 16.6 Å². The quantitative estimate of drug-likeness (QED) is 0.670. The molecule has 0 atom stereocenters. The zero-order valence-electron chi connectivity index (χ0n) is 12.5. The van der Waals surface area contributed by atoms with Gasteiger partial charge in [0.15, 0.2) is 5.96 Å². The van der Waals surface area contributed by atoms with Crippen LogP contribution >= 0.6 is 23.2 Å². The normalized spacial score (nSPS) is 11.5. The van der Waals surface area contributed by atoms with E-state index in [0.29, 0.717) is 23.1 Å². The third-order valence-electron chi connectivity index (χ3n) is 3.07. The zero-order chi connectivity index (χ0) is 15.9. The van der Waals surface area contributed by atoms with Crippen LogP contribution in [0.1, 0.15) is 5.56 Å². The van der Waals surface area contributed by atoms with Crippen LogP contribution in [-0.4, -0.2) is 46.3 Å². The van der Waals surface area contributed by atoms with Crippen LogP contribution in [0.4, 0.5) is 0 Å². The Hall–Kier alpha value is -1.79. The molecule has 1 heterocycles. The van der Waals surface area contributed by atoms with Crippen LogP contribution in [0.15, 0.2) is 35.8 Å². The van der Waals surface area contributed by atoms with Gasteiger partial charge in [-0.05, 0) is 17.7 Å². The highest BCUT2D eigenvalue weighted by molar-refractivity contribution is 6.42. The molecule has 0 unspecified atom stereocenters. The summed E-state index contributed by atoms with van der Waals surface area (Å²) in [4.78, 5) is 10.2. The van der Waals surface area contributed by atoms with Gasteiger partial charge in [-0.15, -0.1) is 0 Å². The van der Waals surface area contributed by atoms with Crippen LogP contribution in [0, 0.1) is 0 Å². The van der Waals surface area contributed by atoms with E-state index in [2.05, 4.69) is 20.4 Å². The molecule has 0 saturated heterocycles. The zero-order valence-corrected chi connectivity index (χ0v) is 14.0. The first-order valence-corrected chi connectivity index (χ1v) is 7.54. The summed E-state index contributed by atoms with van der Waals surface area (Å²) < 4.78 is 1.76. The number of hydrogen-bond donors (Lipinski definition) is 1. The smallest absolute Gasteiger partial charge is 0.193 e. The fraction of sp³-hybridized carbons (Fsp3) is 0.357. The summed E-state index contributed by atoms with van der Waals surface area (Å²) >= 11 is 12.0. The van der Waals surface area contributed by atoms with Crippen LogP contribution < -0.4 is 5.32 Å². The van der Waals surface area contributed by atoms with Crippen molar-refractivity contribution in [3.63, 3.8) is 0 Å². The number of hydrogen-bond acceptors (Lipinski definition) is 3. The average Bonchev–Trinajstić information content (AvgIpc) is 3.00. The molecule has 0 aliphatic rings. The predicted molar refractivity (Wildman–Crippen MR) is 89.3 cm³/mol. The summed E-state index contributed by atoms with van der Waals surface area (Å²) in [6, 6.07) is 5.62. The molecule has 1 aromatic carbocycles. The Bertz CT molecular complexity index is 626. The van der Waals surface area contributed by atoms with Crippen molar-refractivity contribution in [2.24, 2.45) is 4.99 Å². The molecule has 0 aliphatic carbocycles. The van der Waals surface area contributed by atoms with E-state index < -0.39 is 0 Å². The minimum Gasteiger partial charge on any atom is -0.354 e. The van der Waals surface area contributed by atoms with Crippen LogP contribution in [0.5, 0.6) is 0 Å². The van der Waals surface area contributed by atoms with E-state index in [1.165, 1.54) is 6.33 Å². The second-order valence-corrected chi connectivity index (χ2v) is 5.55. The number of aromatic nitrogens is 3. The summed E-state index contributed by atoms with van der Waals surface area (Å²) in [7, 11) is 3.72. The van der Waals surface area contributed by atoms with E-state index in [9.17, 15) is 0 Å². The fourth-order valence-electron chi connectivity index (χ4n) is 2.00. The number of rotatable bonds is 5.